The fraction of sp³-hybridized carbons (Fsp3) is 0.500. The van der Waals surface area contributed by atoms with Gasteiger partial charge in [-0.25, -0.2) is 0 Å². The number of hydrogen-bond acceptors (Lipinski definition) is 3. The lowest BCUT2D eigenvalue weighted by atomic mass is 10.1. The average molecular weight is 327 g/mol. The number of ether oxygens (including phenoxy) is 1. The number of anilines is 1. The number of rotatable bonds is 5. The number of hydrogen-bond donors (Lipinski definition) is 2. The molecule has 0 aromatic heterocycles. The minimum absolute atomic E-state index is 0.00948. The molecule has 1 aliphatic rings. The molecule has 0 bridgehead atoms. The molecular weight excluding hydrogens is 308 g/mol. The van der Waals surface area contributed by atoms with E-state index in [0.717, 1.165) is 28.0 Å². The Bertz CT molecular complexity index is 489. The van der Waals surface area contributed by atoms with E-state index in [4.69, 9.17) is 4.74 Å². The van der Waals surface area contributed by atoms with Crippen LogP contribution in [0.25, 0.3) is 0 Å². The largest absolute Gasteiger partial charge is 0.492 e. The van der Waals surface area contributed by atoms with Crippen molar-refractivity contribution in [3.8, 4) is 5.75 Å². The van der Waals surface area contributed by atoms with E-state index in [-0.39, 0.29) is 11.9 Å². The minimum atomic E-state index is -0.268. The Kier molecular flexibility index (Phi) is 4.47. The summed E-state index contributed by atoms with van der Waals surface area (Å²) in [7, 11) is 0. The third kappa shape index (κ3) is 3.09. The maximum atomic E-state index is 11.9. The van der Waals surface area contributed by atoms with Crippen molar-refractivity contribution in [3.05, 3.63) is 22.2 Å². The first-order valence-corrected chi connectivity index (χ1v) is 7.32. The van der Waals surface area contributed by atoms with Crippen LogP contribution in [0.3, 0.4) is 0 Å². The molecule has 4 nitrogen and oxygen atoms in total. The third-order valence-electron chi connectivity index (χ3n) is 2.92. The van der Waals surface area contributed by atoms with E-state index in [9.17, 15) is 4.79 Å². The van der Waals surface area contributed by atoms with Gasteiger partial charge in [0.25, 0.3) is 0 Å². The summed E-state index contributed by atoms with van der Waals surface area (Å²) in [5.74, 6) is 1.22. The molecule has 1 aromatic carbocycles. The van der Waals surface area contributed by atoms with Crippen molar-refractivity contribution in [2.45, 2.75) is 26.8 Å². The molecule has 0 radical (unpaired) electrons. The van der Waals surface area contributed by atoms with Gasteiger partial charge in [-0.15, -0.1) is 0 Å². The maximum Gasteiger partial charge on any atom is 0.246 e. The molecular formula is C14H19BrN2O2. The molecule has 5 heteroatoms. The van der Waals surface area contributed by atoms with E-state index in [2.05, 4.69) is 40.4 Å². The Morgan fingerprint density at radius 1 is 1.47 bits per heavy atom. The molecule has 1 amide bonds. The fourth-order valence-electron chi connectivity index (χ4n) is 2.04. The molecule has 0 spiro atoms. The second kappa shape index (κ2) is 5.92. The maximum absolute atomic E-state index is 11.9. The first kappa shape index (κ1) is 14.3. The second-order valence-corrected chi connectivity index (χ2v) is 5.91. The third-order valence-corrected chi connectivity index (χ3v) is 3.54. The van der Waals surface area contributed by atoms with Gasteiger partial charge in [-0.2, -0.15) is 0 Å². The number of nitrogens with one attached hydrogen (secondary N) is 2. The van der Waals surface area contributed by atoms with Gasteiger partial charge >= 0.3 is 0 Å². The van der Waals surface area contributed by atoms with Crippen molar-refractivity contribution in [1.29, 1.82) is 0 Å². The molecule has 2 rings (SSSR count). The van der Waals surface area contributed by atoms with Crippen LogP contribution in [-0.2, 0) is 4.79 Å². The molecule has 2 N–H and O–H groups in total. The molecule has 1 atom stereocenters. The molecule has 19 heavy (non-hydrogen) atoms. The summed E-state index contributed by atoms with van der Waals surface area (Å²) in [5, 5.41) is 6.06. The summed E-state index contributed by atoms with van der Waals surface area (Å²) in [4.78, 5) is 11.9. The number of carbonyl (C=O) groups is 1. The zero-order valence-corrected chi connectivity index (χ0v) is 13.0. The molecule has 0 saturated carbocycles. The number of carbonyl (C=O) groups excluding carboxylic acids is 1. The van der Waals surface area contributed by atoms with Crippen molar-refractivity contribution in [1.82, 2.24) is 5.32 Å². The molecule has 1 aromatic rings. The van der Waals surface area contributed by atoms with Crippen LogP contribution >= 0.6 is 15.9 Å². The summed E-state index contributed by atoms with van der Waals surface area (Å²) in [6.45, 7) is 7.59. The number of fused-ring (bicyclic) bond motifs is 1. The van der Waals surface area contributed by atoms with Gasteiger partial charge in [-0.3, -0.25) is 4.79 Å². The molecule has 1 unspecified atom stereocenters. The van der Waals surface area contributed by atoms with Crippen molar-refractivity contribution in [2.75, 3.05) is 18.5 Å². The normalized spacial score (nSPS) is 17.5. The highest BCUT2D eigenvalue weighted by Gasteiger charge is 2.30. The SMILES string of the molecule is CCNC1C(=O)Nc2cc(OCC(C)C)c(Br)cc21. The van der Waals surface area contributed by atoms with Gasteiger partial charge in [-0.1, -0.05) is 20.8 Å². The van der Waals surface area contributed by atoms with E-state index in [1.165, 1.54) is 0 Å². The summed E-state index contributed by atoms with van der Waals surface area (Å²) in [6, 6.07) is 3.57. The van der Waals surface area contributed by atoms with E-state index in [1.54, 1.807) is 0 Å². The Morgan fingerprint density at radius 3 is 2.84 bits per heavy atom. The number of benzene rings is 1. The predicted molar refractivity (Wildman–Crippen MR) is 79.5 cm³/mol. The van der Waals surface area contributed by atoms with Crippen molar-refractivity contribution < 1.29 is 9.53 Å². The van der Waals surface area contributed by atoms with Gasteiger partial charge in [0.15, 0.2) is 0 Å². The highest BCUT2D eigenvalue weighted by atomic mass is 79.9. The quantitative estimate of drug-likeness (QED) is 0.874. The lowest BCUT2D eigenvalue weighted by molar-refractivity contribution is -0.117. The zero-order chi connectivity index (χ0) is 14.0. The number of likely N-dealkylation sites (N-methyl/N-ethyl adjacent to an activating group) is 1. The van der Waals surface area contributed by atoms with Crippen LogP contribution in [0.4, 0.5) is 5.69 Å². The molecule has 0 saturated heterocycles. The average Bonchev–Trinajstić information content (AvgIpc) is 2.63. The monoisotopic (exact) mass is 326 g/mol. The van der Waals surface area contributed by atoms with Gasteiger partial charge in [0.1, 0.15) is 11.8 Å². The van der Waals surface area contributed by atoms with E-state index in [1.807, 2.05) is 19.1 Å². The standard InChI is InChI=1S/C14H19BrN2O2/c1-4-16-13-9-5-10(15)12(19-7-8(2)3)6-11(9)17-14(13)18/h5-6,8,13,16H,4,7H2,1-3H3,(H,17,18). The van der Waals surface area contributed by atoms with E-state index in [0.29, 0.717) is 12.5 Å². The van der Waals surface area contributed by atoms with E-state index >= 15 is 0 Å². The summed E-state index contributed by atoms with van der Waals surface area (Å²) < 4.78 is 6.62. The fourth-order valence-corrected chi connectivity index (χ4v) is 2.51. The van der Waals surface area contributed by atoms with Crippen molar-refractivity contribution in [3.63, 3.8) is 0 Å². The Morgan fingerprint density at radius 2 is 2.21 bits per heavy atom. The van der Waals surface area contributed by atoms with Crippen molar-refractivity contribution >= 4 is 27.5 Å². The Balaban J connectivity index is 2.25. The van der Waals surface area contributed by atoms with Crippen molar-refractivity contribution in [2.24, 2.45) is 5.92 Å². The van der Waals surface area contributed by atoms with Crippen LogP contribution in [0.5, 0.6) is 5.75 Å². The molecule has 0 fully saturated rings. The van der Waals surface area contributed by atoms with Crippen LogP contribution in [0.1, 0.15) is 32.4 Å². The van der Waals surface area contributed by atoms with Crippen LogP contribution < -0.4 is 15.4 Å². The second-order valence-electron chi connectivity index (χ2n) is 5.05. The van der Waals surface area contributed by atoms with Crippen LogP contribution in [0.15, 0.2) is 16.6 Å². The smallest absolute Gasteiger partial charge is 0.246 e. The topological polar surface area (TPSA) is 50.4 Å². The molecule has 0 aliphatic carbocycles. The van der Waals surface area contributed by atoms with Crippen LogP contribution in [0, 0.1) is 5.92 Å². The predicted octanol–water partition coefficient (Wildman–Crippen LogP) is 3.09. The molecule has 104 valence electrons. The number of amides is 1. The summed E-state index contributed by atoms with van der Waals surface area (Å²) in [5.41, 5.74) is 1.80. The highest BCUT2D eigenvalue weighted by Crippen LogP contribution is 2.38. The first-order chi connectivity index (χ1) is 9.02. The summed E-state index contributed by atoms with van der Waals surface area (Å²) >= 11 is 3.51. The first-order valence-electron chi connectivity index (χ1n) is 6.53. The van der Waals surface area contributed by atoms with Gasteiger partial charge in [0.2, 0.25) is 5.91 Å². The van der Waals surface area contributed by atoms with E-state index < -0.39 is 0 Å². The zero-order valence-electron chi connectivity index (χ0n) is 11.4. The number of halogens is 1. The van der Waals surface area contributed by atoms with Crippen LogP contribution in [0.2, 0.25) is 0 Å². The Hall–Kier alpha value is -1.07. The van der Waals surface area contributed by atoms with Gasteiger partial charge in [-0.05, 0) is 34.5 Å². The minimum Gasteiger partial charge on any atom is -0.492 e. The Labute approximate surface area is 122 Å². The highest BCUT2D eigenvalue weighted by molar-refractivity contribution is 9.10. The lowest BCUT2D eigenvalue weighted by Crippen LogP contribution is -2.27. The van der Waals surface area contributed by atoms with Gasteiger partial charge in [0, 0.05) is 17.3 Å². The summed E-state index contributed by atoms with van der Waals surface area (Å²) in [6.07, 6.45) is 0. The molecule has 1 aliphatic heterocycles. The van der Waals surface area contributed by atoms with Crippen LogP contribution in [-0.4, -0.2) is 19.1 Å². The lowest BCUT2D eigenvalue weighted by Gasteiger charge is -2.13. The van der Waals surface area contributed by atoms with Gasteiger partial charge in [0.05, 0.1) is 11.1 Å². The van der Waals surface area contributed by atoms with Gasteiger partial charge < -0.3 is 15.4 Å². The molecule has 1 heterocycles.